The van der Waals surface area contributed by atoms with E-state index >= 15 is 0 Å². The number of nitrogens with one attached hydrogen (secondary N) is 2. The molecular formula is C17H10BrCl2N3O2. The maximum atomic E-state index is 12.3. The van der Waals surface area contributed by atoms with Gasteiger partial charge in [-0.1, -0.05) is 47.5 Å². The number of aromatic amines is 1. The van der Waals surface area contributed by atoms with E-state index in [4.69, 9.17) is 23.2 Å². The predicted molar refractivity (Wildman–Crippen MR) is 102 cm³/mol. The number of aromatic nitrogens is 2. The number of rotatable bonds is 3. The summed E-state index contributed by atoms with van der Waals surface area (Å²) in [5.41, 5.74) is 1.11. The summed E-state index contributed by atoms with van der Waals surface area (Å²) in [6.45, 7) is 0. The van der Waals surface area contributed by atoms with Crippen molar-refractivity contribution in [3.8, 4) is 11.1 Å². The Kier molecular flexibility index (Phi) is 5.22. The van der Waals surface area contributed by atoms with E-state index in [9.17, 15) is 9.59 Å². The summed E-state index contributed by atoms with van der Waals surface area (Å²) in [7, 11) is 0. The van der Waals surface area contributed by atoms with Crippen LogP contribution in [0.2, 0.25) is 10.0 Å². The lowest BCUT2D eigenvalue weighted by molar-refractivity contribution is 0.102. The molecule has 3 aromatic rings. The molecule has 0 aliphatic heterocycles. The molecular weight excluding hydrogens is 429 g/mol. The van der Waals surface area contributed by atoms with Gasteiger partial charge >= 0.3 is 0 Å². The highest BCUT2D eigenvalue weighted by molar-refractivity contribution is 9.10. The highest BCUT2D eigenvalue weighted by atomic mass is 79.9. The summed E-state index contributed by atoms with van der Waals surface area (Å²) >= 11 is 16.2. The van der Waals surface area contributed by atoms with Crippen molar-refractivity contribution in [2.45, 2.75) is 0 Å². The summed E-state index contributed by atoms with van der Waals surface area (Å²) in [5.74, 6) is -0.581. The van der Waals surface area contributed by atoms with Crippen LogP contribution in [0.1, 0.15) is 10.4 Å². The Bertz CT molecular complexity index is 1020. The van der Waals surface area contributed by atoms with Gasteiger partial charge in [0, 0.05) is 21.8 Å². The van der Waals surface area contributed by atoms with Crippen LogP contribution in [-0.2, 0) is 0 Å². The van der Waals surface area contributed by atoms with Gasteiger partial charge in [-0.25, -0.2) is 5.10 Å². The minimum atomic E-state index is -0.581. The number of anilines is 1. The molecule has 1 heterocycles. The van der Waals surface area contributed by atoms with Crippen LogP contribution in [0.25, 0.3) is 11.1 Å². The Labute approximate surface area is 161 Å². The topological polar surface area (TPSA) is 74.8 Å². The first kappa shape index (κ1) is 17.7. The summed E-state index contributed by atoms with van der Waals surface area (Å²) in [6.07, 6.45) is 1.33. The summed E-state index contributed by atoms with van der Waals surface area (Å²) in [4.78, 5) is 24.0. The second-order valence-electron chi connectivity index (χ2n) is 5.02. The second-order valence-corrected chi connectivity index (χ2v) is 6.63. The number of halogens is 3. The molecule has 1 aromatic heterocycles. The van der Waals surface area contributed by atoms with Gasteiger partial charge in [0.1, 0.15) is 5.56 Å². The molecule has 0 spiro atoms. The van der Waals surface area contributed by atoms with E-state index in [-0.39, 0.29) is 5.56 Å². The van der Waals surface area contributed by atoms with Crippen molar-refractivity contribution in [1.29, 1.82) is 0 Å². The fraction of sp³-hybridized carbons (Fsp3) is 0. The molecule has 0 aliphatic rings. The molecule has 0 unspecified atom stereocenters. The molecule has 0 fully saturated rings. The van der Waals surface area contributed by atoms with Crippen molar-refractivity contribution >= 4 is 50.7 Å². The normalized spacial score (nSPS) is 10.5. The minimum Gasteiger partial charge on any atom is -0.320 e. The average molecular weight is 439 g/mol. The number of amides is 1. The molecule has 0 atom stereocenters. The van der Waals surface area contributed by atoms with Crippen LogP contribution >= 0.6 is 39.1 Å². The molecule has 5 nitrogen and oxygen atoms in total. The lowest BCUT2D eigenvalue weighted by Gasteiger charge is -2.12. The Morgan fingerprint density at radius 2 is 1.72 bits per heavy atom. The average Bonchev–Trinajstić information content (AvgIpc) is 2.60. The van der Waals surface area contributed by atoms with Crippen LogP contribution < -0.4 is 10.9 Å². The molecule has 0 radical (unpaired) electrons. The molecule has 0 saturated carbocycles. The third-order valence-electron chi connectivity index (χ3n) is 3.46. The SMILES string of the molecule is O=C(Nc1cccc(-c2cccc(Br)c2Cl)c1Cl)c1ccn[nH]c1=O. The van der Waals surface area contributed by atoms with E-state index < -0.39 is 11.5 Å². The van der Waals surface area contributed by atoms with E-state index in [0.717, 1.165) is 10.0 Å². The second kappa shape index (κ2) is 7.39. The fourth-order valence-corrected chi connectivity index (χ4v) is 3.13. The smallest absolute Gasteiger partial charge is 0.277 e. The van der Waals surface area contributed by atoms with Gasteiger partial charge in [-0.05, 0) is 34.1 Å². The van der Waals surface area contributed by atoms with E-state index in [1.54, 1.807) is 18.2 Å². The highest BCUT2D eigenvalue weighted by Gasteiger charge is 2.16. The van der Waals surface area contributed by atoms with Gasteiger partial charge in [-0.3, -0.25) is 9.59 Å². The van der Waals surface area contributed by atoms with Gasteiger partial charge in [-0.15, -0.1) is 0 Å². The largest absolute Gasteiger partial charge is 0.320 e. The van der Waals surface area contributed by atoms with Crippen LogP contribution in [0.4, 0.5) is 5.69 Å². The maximum absolute atomic E-state index is 12.3. The van der Waals surface area contributed by atoms with Crippen molar-refractivity contribution in [2.75, 3.05) is 5.32 Å². The molecule has 3 rings (SSSR count). The number of carbonyl (C=O) groups is 1. The quantitative estimate of drug-likeness (QED) is 0.619. The van der Waals surface area contributed by atoms with Crippen LogP contribution in [0.15, 0.2) is 57.9 Å². The predicted octanol–water partition coefficient (Wildman–Crippen LogP) is 4.76. The van der Waals surface area contributed by atoms with Gasteiger partial charge in [0.15, 0.2) is 0 Å². The van der Waals surface area contributed by atoms with Crippen molar-refractivity contribution < 1.29 is 4.79 Å². The summed E-state index contributed by atoms with van der Waals surface area (Å²) in [6, 6.07) is 12.0. The van der Waals surface area contributed by atoms with E-state index in [0.29, 0.717) is 21.3 Å². The highest BCUT2D eigenvalue weighted by Crippen LogP contribution is 2.39. The molecule has 1 amide bonds. The molecule has 2 N–H and O–H groups in total. The van der Waals surface area contributed by atoms with Gasteiger partial charge in [0.05, 0.1) is 15.7 Å². The van der Waals surface area contributed by atoms with Crippen molar-refractivity contribution in [2.24, 2.45) is 0 Å². The Balaban J connectivity index is 2.00. The number of hydrogen-bond acceptors (Lipinski definition) is 3. The summed E-state index contributed by atoms with van der Waals surface area (Å²) in [5, 5.41) is 9.24. The molecule has 25 heavy (non-hydrogen) atoms. The lowest BCUT2D eigenvalue weighted by Crippen LogP contribution is -2.23. The lowest BCUT2D eigenvalue weighted by atomic mass is 10.0. The Morgan fingerprint density at radius 3 is 2.44 bits per heavy atom. The van der Waals surface area contributed by atoms with Gasteiger partial charge < -0.3 is 5.32 Å². The third-order valence-corrected chi connectivity index (χ3v) is 5.16. The number of carbonyl (C=O) groups excluding carboxylic acids is 1. The molecule has 0 bridgehead atoms. The van der Waals surface area contributed by atoms with E-state index in [1.165, 1.54) is 12.3 Å². The van der Waals surface area contributed by atoms with Crippen LogP contribution in [-0.4, -0.2) is 16.1 Å². The van der Waals surface area contributed by atoms with Crippen LogP contribution in [0.3, 0.4) is 0 Å². The number of hydrogen-bond donors (Lipinski definition) is 2. The van der Waals surface area contributed by atoms with Gasteiger partial charge in [0.2, 0.25) is 0 Å². The number of benzene rings is 2. The first-order valence-electron chi connectivity index (χ1n) is 7.07. The zero-order valence-corrected chi connectivity index (χ0v) is 15.6. The van der Waals surface area contributed by atoms with E-state index in [1.807, 2.05) is 18.2 Å². The fourth-order valence-electron chi connectivity index (χ4n) is 2.26. The summed E-state index contributed by atoms with van der Waals surface area (Å²) < 4.78 is 0.737. The molecule has 126 valence electrons. The van der Waals surface area contributed by atoms with Crippen LogP contribution in [0.5, 0.6) is 0 Å². The Morgan fingerprint density at radius 1 is 1.04 bits per heavy atom. The molecule has 0 saturated heterocycles. The first-order chi connectivity index (χ1) is 12.0. The van der Waals surface area contributed by atoms with Crippen molar-refractivity contribution in [3.05, 3.63) is 79.1 Å². The van der Waals surface area contributed by atoms with Crippen molar-refractivity contribution in [3.63, 3.8) is 0 Å². The standard InChI is InChI=1S/C17H10BrCl2N3O2/c18-12-5-1-3-9(14(12)19)10-4-2-6-13(15(10)20)22-16(24)11-7-8-21-23-17(11)25/h1-8H,(H,22,24)(H,23,25). The van der Waals surface area contributed by atoms with Gasteiger partial charge in [0.25, 0.3) is 11.5 Å². The maximum Gasteiger partial charge on any atom is 0.277 e. The molecule has 0 aliphatic carbocycles. The molecule has 8 heteroatoms. The van der Waals surface area contributed by atoms with E-state index in [2.05, 4.69) is 31.4 Å². The van der Waals surface area contributed by atoms with Gasteiger partial charge in [-0.2, -0.15) is 5.10 Å². The Hall–Kier alpha value is -2.15. The first-order valence-corrected chi connectivity index (χ1v) is 8.62. The number of nitrogens with zero attached hydrogens (tertiary/aromatic N) is 1. The van der Waals surface area contributed by atoms with Crippen LogP contribution in [0, 0.1) is 0 Å². The molecule has 2 aromatic carbocycles. The van der Waals surface area contributed by atoms with Crippen molar-refractivity contribution in [1.82, 2.24) is 10.2 Å². The monoisotopic (exact) mass is 437 g/mol. The zero-order chi connectivity index (χ0) is 18.0. The number of H-pyrrole nitrogens is 1. The third kappa shape index (κ3) is 3.61. The zero-order valence-electron chi connectivity index (χ0n) is 12.5. The minimum absolute atomic E-state index is 0.0584.